The van der Waals surface area contributed by atoms with E-state index in [-0.39, 0.29) is 12.2 Å². The van der Waals surface area contributed by atoms with E-state index in [0.29, 0.717) is 22.0 Å². The fraction of sp³-hybridized carbons (Fsp3) is 0.176. The number of aromatic nitrogens is 2. The average Bonchev–Trinajstić information content (AvgIpc) is 3.09. The number of carbonyl (C=O) groups is 1. The van der Waals surface area contributed by atoms with Crippen LogP contribution in [-0.4, -0.2) is 21.5 Å². The molecule has 2 aromatic heterocycles. The van der Waals surface area contributed by atoms with E-state index in [0.717, 1.165) is 0 Å². The number of thiazole rings is 1. The van der Waals surface area contributed by atoms with Crippen molar-refractivity contribution in [2.75, 3.05) is 0 Å². The van der Waals surface area contributed by atoms with Gasteiger partial charge in [0.25, 0.3) is 5.56 Å². The van der Waals surface area contributed by atoms with Crippen LogP contribution in [0.25, 0.3) is 4.96 Å². The summed E-state index contributed by atoms with van der Waals surface area (Å²) in [5, 5.41) is 10.5. The second-order valence-electron chi connectivity index (χ2n) is 5.15. The standard InChI is InChI=1S/C17H13N3O4S/c1-11(24-14-4-2-12(9-18)3-5-14)16(22)23-10-13-8-15(21)20-6-7-25-17(20)19-13/h2-8,11H,10H2,1H3/t11-/m1/s1. The summed E-state index contributed by atoms with van der Waals surface area (Å²) in [5.74, 6) is -0.114. The topological polar surface area (TPSA) is 93.7 Å². The first-order valence-corrected chi connectivity index (χ1v) is 8.24. The molecule has 2 heterocycles. The van der Waals surface area contributed by atoms with Gasteiger partial charge in [-0.15, -0.1) is 11.3 Å². The fourth-order valence-electron chi connectivity index (χ4n) is 2.08. The first-order chi connectivity index (χ1) is 12.1. The molecule has 0 fully saturated rings. The first-order valence-electron chi connectivity index (χ1n) is 7.36. The smallest absolute Gasteiger partial charge is 0.347 e. The molecule has 25 heavy (non-hydrogen) atoms. The van der Waals surface area contributed by atoms with E-state index in [9.17, 15) is 9.59 Å². The van der Waals surface area contributed by atoms with Gasteiger partial charge >= 0.3 is 5.97 Å². The summed E-state index contributed by atoms with van der Waals surface area (Å²) >= 11 is 1.32. The molecule has 7 nitrogen and oxygen atoms in total. The van der Waals surface area contributed by atoms with Gasteiger partial charge in [0.2, 0.25) is 0 Å². The van der Waals surface area contributed by atoms with Gasteiger partial charge in [0.15, 0.2) is 11.1 Å². The van der Waals surface area contributed by atoms with Gasteiger partial charge < -0.3 is 9.47 Å². The minimum atomic E-state index is -0.834. The maximum absolute atomic E-state index is 12.0. The van der Waals surface area contributed by atoms with Gasteiger partial charge in [-0.2, -0.15) is 5.26 Å². The Hall–Kier alpha value is -3.18. The number of fused-ring (bicyclic) bond motifs is 1. The van der Waals surface area contributed by atoms with Crippen LogP contribution in [0.1, 0.15) is 18.2 Å². The normalized spacial score (nSPS) is 11.7. The molecule has 0 aliphatic carbocycles. The number of rotatable bonds is 5. The van der Waals surface area contributed by atoms with Crippen LogP contribution in [0.15, 0.2) is 46.7 Å². The molecule has 0 amide bonds. The third-order valence-electron chi connectivity index (χ3n) is 3.35. The van der Waals surface area contributed by atoms with Crippen molar-refractivity contribution >= 4 is 22.3 Å². The number of esters is 1. The largest absolute Gasteiger partial charge is 0.479 e. The lowest BCUT2D eigenvalue weighted by atomic mass is 10.2. The molecule has 0 bridgehead atoms. The zero-order valence-electron chi connectivity index (χ0n) is 13.2. The molecule has 0 radical (unpaired) electrons. The van der Waals surface area contributed by atoms with Crippen molar-refractivity contribution in [3.05, 3.63) is 63.5 Å². The van der Waals surface area contributed by atoms with Crippen LogP contribution in [0.3, 0.4) is 0 Å². The number of benzene rings is 1. The molecule has 0 aliphatic heterocycles. The van der Waals surface area contributed by atoms with Crippen molar-refractivity contribution in [2.45, 2.75) is 19.6 Å². The summed E-state index contributed by atoms with van der Waals surface area (Å²) in [6.45, 7) is 1.45. The lowest BCUT2D eigenvalue weighted by Crippen LogP contribution is -2.26. The Kier molecular flexibility index (Phi) is 4.77. The Balaban J connectivity index is 1.60. The molecule has 1 atom stereocenters. The lowest BCUT2D eigenvalue weighted by Gasteiger charge is -2.13. The third-order valence-corrected chi connectivity index (χ3v) is 4.10. The summed E-state index contributed by atoms with van der Waals surface area (Å²) < 4.78 is 12.1. The summed E-state index contributed by atoms with van der Waals surface area (Å²) in [7, 11) is 0. The van der Waals surface area contributed by atoms with Gasteiger partial charge in [0, 0.05) is 17.6 Å². The van der Waals surface area contributed by atoms with Crippen molar-refractivity contribution < 1.29 is 14.3 Å². The van der Waals surface area contributed by atoms with Crippen molar-refractivity contribution in [2.24, 2.45) is 0 Å². The number of ether oxygens (including phenoxy) is 2. The van der Waals surface area contributed by atoms with Crippen LogP contribution in [0.5, 0.6) is 5.75 Å². The van der Waals surface area contributed by atoms with E-state index >= 15 is 0 Å². The maximum atomic E-state index is 12.0. The highest BCUT2D eigenvalue weighted by atomic mass is 32.1. The van der Waals surface area contributed by atoms with Crippen LogP contribution >= 0.6 is 11.3 Å². The van der Waals surface area contributed by atoms with Gasteiger partial charge in [-0.25, -0.2) is 9.78 Å². The van der Waals surface area contributed by atoms with Gasteiger partial charge in [0.05, 0.1) is 17.3 Å². The average molecular weight is 355 g/mol. The summed E-state index contributed by atoms with van der Waals surface area (Å²) in [5.41, 5.74) is 0.662. The number of nitriles is 1. The van der Waals surface area contributed by atoms with E-state index in [1.54, 1.807) is 42.8 Å². The molecule has 3 aromatic rings. The molecule has 1 aromatic carbocycles. The highest BCUT2D eigenvalue weighted by Gasteiger charge is 2.17. The Morgan fingerprint density at radius 1 is 1.40 bits per heavy atom. The zero-order valence-corrected chi connectivity index (χ0v) is 14.0. The van der Waals surface area contributed by atoms with Crippen LogP contribution < -0.4 is 10.3 Å². The van der Waals surface area contributed by atoms with Crippen molar-refractivity contribution in [1.82, 2.24) is 9.38 Å². The highest BCUT2D eigenvalue weighted by Crippen LogP contribution is 2.14. The van der Waals surface area contributed by atoms with Gasteiger partial charge in [-0.05, 0) is 31.2 Å². The van der Waals surface area contributed by atoms with Gasteiger partial charge in [0.1, 0.15) is 12.4 Å². The Morgan fingerprint density at radius 3 is 2.88 bits per heavy atom. The Labute approximate surface area is 146 Å². The molecule has 0 spiro atoms. The zero-order chi connectivity index (χ0) is 17.8. The Morgan fingerprint density at radius 2 is 2.16 bits per heavy atom. The van der Waals surface area contributed by atoms with E-state index in [4.69, 9.17) is 14.7 Å². The summed E-state index contributed by atoms with van der Waals surface area (Å²) in [6, 6.07) is 9.75. The minimum absolute atomic E-state index is 0.108. The third kappa shape index (κ3) is 3.84. The Bertz CT molecular complexity index is 1000. The van der Waals surface area contributed by atoms with Crippen LogP contribution in [0.2, 0.25) is 0 Å². The quantitative estimate of drug-likeness (QED) is 0.651. The van der Waals surface area contributed by atoms with E-state index in [1.807, 2.05) is 6.07 Å². The molecule has 0 unspecified atom stereocenters. The number of hydrogen-bond acceptors (Lipinski definition) is 7. The number of carbonyl (C=O) groups excluding carboxylic acids is 1. The predicted octanol–water partition coefficient (Wildman–Crippen LogP) is 2.14. The summed E-state index contributed by atoms with van der Waals surface area (Å²) in [4.78, 5) is 28.7. The molecule has 0 saturated heterocycles. The second kappa shape index (κ2) is 7.15. The molecule has 8 heteroatoms. The van der Waals surface area contributed by atoms with Crippen LogP contribution in [0, 0.1) is 11.3 Å². The minimum Gasteiger partial charge on any atom is -0.479 e. The number of nitrogens with zero attached hydrogens (tertiary/aromatic N) is 3. The highest BCUT2D eigenvalue weighted by molar-refractivity contribution is 7.15. The first kappa shape index (κ1) is 16.7. The molecule has 3 rings (SSSR count). The van der Waals surface area contributed by atoms with Gasteiger partial charge in [-0.3, -0.25) is 9.20 Å². The molecule has 0 aliphatic rings. The van der Waals surface area contributed by atoms with Crippen molar-refractivity contribution in [1.29, 1.82) is 5.26 Å². The van der Waals surface area contributed by atoms with Crippen LogP contribution in [-0.2, 0) is 16.1 Å². The second-order valence-corrected chi connectivity index (χ2v) is 6.02. The maximum Gasteiger partial charge on any atom is 0.347 e. The predicted molar refractivity (Wildman–Crippen MR) is 90.4 cm³/mol. The summed E-state index contributed by atoms with van der Waals surface area (Å²) in [6.07, 6.45) is 0.804. The van der Waals surface area contributed by atoms with E-state index < -0.39 is 12.1 Å². The van der Waals surface area contributed by atoms with E-state index in [1.165, 1.54) is 21.8 Å². The molecule has 0 saturated carbocycles. The lowest BCUT2D eigenvalue weighted by molar-refractivity contribution is -0.152. The van der Waals surface area contributed by atoms with Crippen molar-refractivity contribution in [3.8, 4) is 11.8 Å². The van der Waals surface area contributed by atoms with Crippen molar-refractivity contribution in [3.63, 3.8) is 0 Å². The molecular formula is C17H13N3O4S. The molecule has 126 valence electrons. The molecular weight excluding hydrogens is 342 g/mol. The van der Waals surface area contributed by atoms with Crippen LogP contribution in [0.4, 0.5) is 0 Å². The van der Waals surface area contributed by atoms with Gasteiger partial charge in [-0.1, -0.05) is 0 Å². The molecule has 0 N–H and O–H groups in total. The SMILES string of the molecule is C[C@@H](Oc1ccc(C#N)cc1)C(=O)OCc1cc(=O)n2ccsc2n1. The fourth-order valence-corrected chi connectivity index (χ4v) is 2.82. The monoisotopic (exact) mass is 355 g/mol. The van der Waals surface area contributed by atoms with E-state index in [2.05, 4.69) is 4.98 Å². The number of hydrogen-bond donors (Lipinski definition) is 0.